The molecule has 0 amide bonds. The maximum Gasteiger partial charge on any atom is 0.260 e. The number of thiophene rings is 1. The second kappa shape index (κ2) is 6.33. The fourth-order valence-electron chi connectivity index (χ4n) is 3.18. The van der Waals surface area contributed by atoms with E-state index < -0.39 is 0 Å². The molecular formula is C18H17FN2OS2. The molecule has 4 rings (SSSR count). The highest BCUT2D eigenvalue weighted by molar-refractivity contribution is 7.98. The van der Waals surface area contributed by atoms with E-state index in [0.29, 0.717) is 16.8 Å². The molecule has 1 aliphatic carbocycles. The third-order valence-corrected chi connectivity index (χ3v) is 6.50. The molecule has 0 aliphatic heterocycles. The first-order valence-electron chi connectivity index (χ1n) is 8.02. The largest absolute Gasteiger partial charge is 0.301 e. The van der Waals surface area contributed by atoms with Crippen LogP contribution in [0.15, 0.2) is 34.2 Å². The minimum atomic E-state index is -0.245. The van der Waals surface area contributed by atoms with Gasteiger partial charge in [-0.15, -0.1) is 11.3 Å². The normalized spacial score (nSPS) is 17.2. The molecule has 0 saturated heterocycles. The van der Waals surface area contributed by atoms with Gasteiger partial charge in [0.1, 0.15) is 10.6 Å². The van der Waals surface area contributed by atoms with Crippen molar-refractivity contribution < 1.29 is 4.39 Å². The van der Waals surface area contributed by atoms with E-state index in [1.54, 1.807) is 17.4 Å². The molecule has 2 aromatic heterocycles. The fraction of sp³-hybridized carbons (Fsp3) is 0.333. The number of aryl methyl sites for hydroxylation is 1. The van der Waals surface area contributed by atoms with Crippen molar-refractivity contribution in [2.24, 2.45) is 5.92 Å². The lowest BCUT2D eigenvalue weighted by Gasteiger charge is -2.17. The minimum absolute atomic E-state index is 0.0474. The Morgan fingerprint density at radius 2 is 2.33 bits per heavy atom. The lowest BCUT2D eigenvalue weighted by molar-refractivity contribution is 0.509. The maximum absolute atomic E-state index is 13.2. The Bertz CT molecular complexity index is 963. The van der Waals surface area contributed by atoms with Crippen molar-refractivity contribution >= 4 is 33.3 Å². The monoisotopic (exact) mass is 360 g/mol. The molecule has 1 unspecified atom stereocenters. The Labute approximate surface area is 147 Å². The molecule has 1 aliphatic rings. The first-order chi connectivity index (χ1) is 11.6. The predicted octanol–water partition coefficient (Wildman–Crippen LogP) is 4.54. The Hall–Kier alpha value is -1.66. The zero-order chi connectivity index (χ0) is 16.7. The number of halogens is 1. The highest BCUT2D eigenvalue weighted by atomic mass is 32.2. The summed E-state index contributed by atoms with van der Waals surface area (Å²) in [4.78, 5) is 22.2. The van der Waals surface area contributed by atoms with Crippen LogP contribution in [0.4, 0.5) is 4.39 Å². The summed E-state index contributed by atoms with van der Waals surface area (Å²) < 4.78 is 13.2. The number of nitrogens with zero attached hydrogens (tertiary/aromatic N) is 1. The lowest BCUT2D eigenvalue weighted by atomic mass is 9.89. The average molecular weight is 360 g/mol. The van der Waals surface area contributed by atoms with E-state index in [4.69, 9.17) is 0 Å². The number of benzene rings is 1. The van der Waals surface area contributed by atoms with E-state index >= 15 is 0 Å². The molecule has 1 atom stereocenters. The van der Waals surface area contributed by atoms with Gasteiger partial charge >= 0.3 is 0 Å². The van der Waals surface area contributed by atoms with E-state index in [1.165, 1.54) is 34.3 Å². The molecule has 0 fully saturated rings. The molecule has 6 heteroatoms. The summed E-state index contributed by atoms with van der Waals surface area (Å²) in [6.07, 6.45) is 3.15. The van der Waals surface area contributed by atoms with Gasteiger partial charge in [-0.1, -0.05) is 30.8 Å². The molecule has 2 heterocycles. The number of fused-ring (bicyclic) bond motifs is 3. The molecule has 0 radical (unpaired) electrons. The quantitative estimate of drug-likeness (QED) is 0.551. The minimum Gasteiger partial charge on any atom is -0.301 e. The number of aromatic nitrogens is 2. The Morgan fingerprint density at radius 1 is 1.46 bits per heavy atom. The van der Waals surface area contributed by atoms with Gasteiger partial charge in [0.15, 0.2) is 5.16 Å². The number of thioether (sulfide) groups is 1. The van der Waals surface area contributed by atoms with Gasteiger partial charge in [-0.05, 0) is 48.4 Å². The number of hydrogen-bond donors (Lipinski definition) is 1. The summed E-state index contributed by atoms with van der Waals surface area (Å²) in [6, 6.07) is 6.50. The van der Waals surface area contributed by atoms with E-state index in [1.807, 2.05) is 6.07 Å². The molecule has 3 nitrogen and oxygen atoms in total. The molecule has 24 heavy (non-hydrogen) atoms. The lowest BCUT2D eigenvalue weighted by Crippen LogP contribution is -2.13. The van der Waals surface area contributed by atoms with Crippen LogP contribution in [0.3, 0.4) is 0 Å². The predicted molar refractivity (Wildman–Crippen MR) is 97.4 cm³/mol. The number of aromatic amines is 1. The molecule has 1 N–H and O–H groups in total. The van der Waals surface area contributed by atoms with Gasteiger partial charge in [0.05, 0.1) is 5.39 Å². The molecule has 124 valence electrons. The van der Waals surface area contributed by atoms with Crippen LogP contribution in [-0.2, 0) is 18.6 Å². The van der Waals surface area contributed by atoms with Gasteiger partial charge in [-0.25, -0.2) is 9.37 Å². The summed E-state index contributed by atoms with van der Waals surface area (Å²) in [5.41, 5.74) is 2.03. The van der Waals surface area contributed by atoms with Crippen LogP contribution >= 0.6 is 23.1 Å². The van der Waals surface area contributed by atoms with E-state index in [2.05, 4.69) is 16.9 Å². The Balaban J connectivity index is 1.64. The van der Waals surface area contributed by atoms with Crippen LogP contribution in [0.2, 0.25) is 0 Å². The summed E-state index contributed by atoms with van der Waals surface area (Å²) in [5.74, 6) is 1.01. The highest BCUT2D eigenvalue weighted by Gasteiger charge is 2.23. The first-order valence-corrected chi connectivity index (χ1v) is 9.82. The average Bonchev–Trinajstić information content (AvgIpc) is 2.90. The van der Waals surface area contributed by atoms with E-state index in [0.717, 1.165) is 35.0 Å². The molecule has 1 aromatic carbocycles. The molecular weight excluding hydrogens is 343 g/mol. The van der Waals surface area contributed by atoms with Gasteiger partial charge in [0.25, 0.3) is 5.56 Å². The van der Waals surface area contributed by atoms with Crippen LogP contribution in [0, 0.1) is 11.7 Å². The van der Waals surface area contributed by atoms with Gasteiger partial charge in [0, 0.05) is 10.6 Å². The maximum atomic E-state index is 13.2. The van der Waals surface area contributed by atoms with Crippen molar-refractivity contribution in [1.82, 2.24) is 9.97 Å². The van der Waals surface area contributed by atoms with Gasteiger partial charge in [-0.2, -0.15) is 0 Å². The zero-order valence-corrected chi connectivity index (χ0v) is 14.9. The number of nitrogens with one attached hydrogen (secondary N) is 1. The molecule has 0 saturated carbocycles. The third kappa shape index (κ3) is 3.00. The summed E-state index contributed by atoms with van der Waals surface area (Å²) in [7, 11) is 0. The van der Waals surface area contributed by atoms with Gasteiger partial charge in [-0.3, -0.25) is 4.79 Å². The van der Waals surface area contributed by atoms with Crippen LogP contribution in [0.25, 0.3) is 10.2 Å². The van der Waals surface area contributed by atoms with Gasteiger partial charge in [0.2, 0.25) is 0 Å². The standard InChI is InChI=1S/C18H17FN2OS2/c1-10-5-6-13-14(7-10)24-17-15(13)16(22)20-18(21-17)23-9-11-3-2-4-12(19)8-11/h2-4,8,10H,5-7,9H2,1H3,(H,20,21,22). The second-order valence-electron chi connectivity index (χ2n) is 6.32. The SMILES string of the molecule is CC1CCc2c(sc3nc(SCc4cccc(F)c4)[nH]c(=O)c23)C1. The van der Waals surface area contributed by atoms with Crippen molar-refractivity contribution in [3.63, 3.8) is 0 Å². The summed E-state index contributed by atoms with van der Waals surface area (Å²) in [5, 5.41) is 1.38. The van der Waals surface area contributed by atoms with E-state index in [9.17, 15) is 9.18 Å². The first kappa shape index (κ1) is 15.8. The van der Waals surface area contributed by atoms with Crippen molar-refractivity contribution in [2.75, 3.05) is 0 Å². The van der Waals surface area contributed by atoms with Crippen LogP contribution in [-0.4, -0.2) is 9.97 Å². The number of rotatable bonds is 3. The number of hydrogen-bond acceptors (Lipinski definition) is 4. The topological polar surface area (TPSA) is 45.8 Å². The highest BCUT2D eigenvalue weighted by Crippen LogP contribution is 2.36. The van der Waals surface area contributed by atoms with Crippen molar-refractivity contribution in [3.05, 3.63) is 56.4 Å². The fourth-order valence-corrected chi connectivity index (χ4v) is 5.42. The van der Waals surface area contributed by atoms with Crippen LogP contribution < -0.4 is 5.56 Å². The molecule has 0 spiro atoms. The zero-order valence-electron chi connectivity index (χ0n) is 13.3. The van der Waals surface area contributed by atoms with Crippen molar-refractivity contribution in [3.8, 4) is 0 Å². The molecule has 0 bridgehead atoms. The third-order valence-electron chi connectivity index (χ3n) is 4.41. The van der Waals surface area contributed by atoms with Crippen molar-refractivity contribution in [2.45, 2.75) is 37.1 Å². The second-order valence-corrected chi connectivity index (χ2v) is 8.37. The summed E-state index contributed by atoms with van der Waals surface area (Å²) >= 11 is 3.08. The molecule has 3 aromatic rings. The smallest absolute Gasteiger partial charge is 0.260 e. The Kier molecular flexibility index (Phi) is 4.18. The number of H-pyrrole nitrogens is 1. The summed E-state index contributed by atoms with van der Waals surface area (Å²) in [6.45, 7) is 2.26. The van der Waals surface area contributed by atoms with Gasteiger partial charge < -0.3 is 4.98 Å². The van der Waals surface area contributed by atoms with E-state index in [-0.39, 0.29) is 11.4 Å². The van der Waals surface area contributed by atoms with Crippen LogP contribution in [0.1, 0.15) is 29.3 Å². The van der Waals surface area contributed by atoms with Crippen molar-refractivity contribution in [1.29, 1.82) is 0 Å². The Morgan fingerprint density at radius 3 is 3.17 bits per heavy atom. The van der Waals surface area contributed by atoms with Crippen LogP contribution in [0.5, 0.6) is 0 Å².